The number of ether oxygens (including phenoxy) is 1. The van der Waals surface area contributed by atoms with Crippen LogP contribution in [0.25, 0.3) is 0 Å². The van der Waals surface area contributed by atoms with Gasteiger partial charge >= 0.3 is 0 Å². The minimum atomic E-state index is -3.58. The zero-order valence-corrected chi connectivity index (χ0v) is 16.3. The second-order valence-corrected chi connectivity index (χ2v) is 9.13. The largest absolute Gasteiger partial charge is 0.476 e. The Labute approximate surface area is 163 Å². The first-order valence-electron chi connectivity index (χ1n) is 8.62. The molecule has 2 aromatic rings. The van der Waals surface area contributed by atoms with Crippen LogP contribution in [0, 0.1) is 0 Å². The number of fused-ring (bicyclic) bond motifs is 2. The zero-order valence-electron chi connectivity index (χ0n) is 14.8. The minimum absolute atomic E-state index is 0.0663. The summed E-state index contributed by atoms with van der Waals surface area (Å²) in [6.07, 6.45) is 0.997. The van der Waals surface area contributed by atoms with E-state index in [1.807, 2.05) is 18.2 Å². The maximum Gasteiger partial charge on any atom is 0.265 e. The first kappa shape index (κ1) is 18.1. The maximum absolute atomic E-state index is 13.1. The number of carbonyl (C=O) groups excluding carboxylic acids is 1. The summed E-state index contributed by atoms with van der Waals surface area (Å²) in [5.41, 5.74) is 2.71. The molecule has 1 amide bonds. The molecule has 2 heterocycles. The molecule has 0 radical (unpaired) electrons. The van der Waals surface area contributed by atoms with Crippen molar-refractivity contribution in [3.63, 3.8) is 0 Å². The molecule has 4 rings (SSSR count). The van der Waals surface area contributed by atoms with Gasteiger partial charge in [-0.3, -0.25) is 9.10 Å². The number of hydrogen-bond acceptors (Lipinski definition) is 4. The highest BCUT2D eigenvalue weighted by atomic mass is 35.5. The number of anilines is 1. The lowest BCUT2D eigenvalue weighted by atomic mass is 9.99. The highest BCUT2D eigenvalue weighted by Crippen LogP contribution is 2.37. The van der Waals surface area contributed by atoms with Crippen molar-refractivity contribution in [2.45, 2.75) is 19.1 Å². The van der Waals surface area contributed by atoms with E-state index < -0.39 is 16.1 Å². The van der Waals surface area contributed by atoms with Gasteiger partial charge in [-0.15, -0.1) is 0 Å². The lowest BCUT2D eigenvalue weighted by molar-refractivity contribution is -0.139. The molecule has 2 aliphatic heterocycles. The maximum atomic E-state index is 13.1. The van der Waals surface area contributed by atoms with Crippen molar-refractivity contribution in [2.75, 3.05) is 23.7 Å². The van der Waals surface area contributed by atoms with Gasteiger partial charge in [0.15, 0.2) is 6.10 Å². The van der Waals surface area contributed by atoms with Gasteiger partial charge in [-0.25, -0.2) is 8.42 Å². The Kier molecular flexibility index (Phi) is 4.52. The van der Waals surface area contributed by atoms with Crippen LogP contribution in [0.5, 0.6) is 5.75 Å². The molecule has 0 saturated heterocycles. The zero-order chi connectivity index (χ0) is 19.2. The van der Waals surface area contributed by atoms with Crippen LogP contribution in [0.15, 0.2) is 42.5 Å². The van der Waals surface area contributed by atoms with Crippen molar-refractivity contribution in [2.24, 2.45) is 0 Å². The minimum Gasteiger partial charge on any atom is -0.476 e. The van der Waals surface area contributed by atoms with Crippen LogP contribution in [0.3, 0.4) is 0 Å². The van der Waals surface area contributed by atoms with E-state index >= 15 is 0 Å². The number of rotatable bonds is 2. The van der Waals surface area contributed by atoms with Gasteiger partial charge in [0.1, 0.15) is 5.75 Å². The first-order valence-corrected chi connectivity index (χ1v) is 10.8. The third kappa shape index (κ3) is 3.49. The molecule has 142 valence electrons. The van der Waals surface area contributed by atoms with E-state index in [0.717, 1.165) is 18.2 Å². The van der Waals surface area contributed by atoms with Crippen molar-refractivity contribution in [3.05, 3.63) is 58.6 Å². The van der Waals surface area contributed by atoms with E-state index in [-0.39, 0.29) is 12.5 Å². The Hall–Kier alpha value is -2.25. The average Bonchev–Trinajstić information content (AvgIpc) is 2.65. The summed E-state index contributed by atoms with van der Waals surface area (Å²) >= 11 is 6.01. The predicted molar refractivity (Wildman–Crippen MR) is 104 cm³/mol. The quantitative estimate of drug-likeness (QED) is 0.768. The molecular weight excluding hydrogens is 388 g/mol. The Bertz CT molecular complexity index is 1010. The van der Waals surface area contributed by atoms with E-state index in [1.165, 1.54) is 15.9 Å². The van der Waals surface area contributed by atoms with Gasteiger partial charge in [-0.05, 0) is 35.7 Å². The third-order valence-corrected chi connectivity index (χ3v) is 6.29. The predicted octanol–water partition coefficient (Wildman–Crippen LogP) is 2.45. The van der Waals surface area contributed by atoms with Crippen LogP contribution in [0.1, 0.15) is 11.1 Å². The second-order valence-electron chi connectivity index (χ2n) is 6.79. The van der Waals surface area contributed by atoms with Crippen molar-refractivity contribution in [1.82, 2.24) is 4.90 Å². The highest BCUT2D eigenvalue weighted by molar-refractivity contribution is 7.92. The summed E-state index contributed by atoms with van der Waals surface area (Å²) in [4.78, 5) is 14.8. The van der Waals surface area contributed by atoms with Crippen LogP contribution in [0.2, 0.25) is 5.02 Å². The number of halogens is 1. The van der Waals surface area contributed by atoms with Gasteiger partial charge in [-0.1, -0.05) is 35.9 Å². The van der Waals surface area contributed by atoms with E-state index in [2.05, 4.69) is 6.07 Å². The summed E-state index contributed by atoms with van der Waals surface area (Å²) in [6, 6.07) is 12.8. The number of carbonyl (C=O) groups is 1. The van der Waals surface area contributed by atoms with Crippen LogP contribution in [-0.2, 0) is 27.8 Å². The fraction of sp³-hybridized carbons (Fsp3) is 0.316. The summed E-state index contributed by atoms with van der Waals surface area (Å²) in [7, 11) is -3.58. The molecular formula is C19H19ClN2O4S. The third-order valence-electron chi connectivity index (χ3n) is 4.91. The molecule has 0 aromatic heterocycles. The lowest BCUT2D eigenvalue weighted by Gasteiger charge is -2.37. The summed E-state index contributed by atoms with van der Waals surface area (Å²) < 4.78 is 31.6. The van der Waals surface area contributed by atoms with Crippen LogP contribution >= 0.6 is 11.6 Å². The molecule has 8 heteroatoms. The average molecular weight is 407 g/mol. The van der Waals surface area contributed by atoms with Crippen LogP contribution in [0.4, 0.5) is 5.69 Å². The van der Waals surface area contributed by atoms with E-state index in [0.29, 0.717) is 29.5 Å². The lowest BCUT2D eigenvalue weighted by Crippen LogP contribution is -2.52. The number of amides is 1. The van der Waals surface area contributed by atoms with Gasteiger partial charge in [0.25, 0.3) is 5.91 Å². The molecule has 6 nitrogen and oxygen atoms in total. The van der Waals surface area contributed by atoms with Gasteiger partial charge < -0.3 is 9.64 Å². The molecule has 2 aromatic carbocycles. The fourth-order valence-electron chi connectivity index (χ4n) is 3.55. The smallest absolute Gasteiger partial charge is 0.265 e. The summed E-state index contributed by atoms with van der Waals surface area (Å²) in [5, 5.41) is 0.406. The van der Waals surface area contributed by atoms with Crippen molar-refractivity contribution < 1.29 is 17.9 Å². The molecule has 0 bridgehead atoms. The van der Waals surface area contributed by atoms with Crippen LogP contribution in [-0.4, -0.2) is 44.7 Å². The molecule has 2 aliphatic rings. The van der Waals surface area contributed by atoms with E-state index in [4.69, 9.17) is 16.3 Å². The standard InChI is InChI=1S/C19H19ClN2O4S/c1-27(24,25)22-12-18(26-17-7-6-15(20)10-16(17)22)19(23)21-9-8-13-4-2-3-5-14(13)11-21/h2-7,10,18H,8-9,11-12H2,1H3/t18-/m0/s1. The molecule has 0 fully saturated rings. The van der Waals surface area contributed by atoms with Gasteiger partial charge in [-0.2, -0.15) is 0 Å². The van der Waals surface area contributed by atoms with E-state index in [1.54, 1.807) is 17.0 Å². The van der Waals surface area contributed by atoms with Crippen molar-refractivity contribution in [3.8, 4) is 5.75 Å². The Morgan fingerprint density at radius 2 is 1.93 bits per heavy atom. The molecule has 0 unspecified atom stereocenters. The Morgan fingerprint density at radius 1 is 1.19 bits per heavy atom. The Balaban J connectivity index is 1.61. The number of sulfonamides is 1. The van der Waals surface area contributed by atoms with E-state index in [9.17, 15) is 13.2 Å². The Morgan fingerprint density at radius 3 is 2.67 bits per heavy atom. The second kappa shape index (κ2) is 6.73. The summed E-state index contributed by atoms with van der Waals surface area (Å²) in [5.74, 6) is 0.130. The fourth-order valence-corrected chi connectivity index (χ4v) is 4.63. The normalized spacial score (nSPS) is 19.1. The molecule has 0 aliphatic carbocycles. The van der Waals surface area contributed by atoms with Gasteiger partial charge in [0, 0.05) is 18.1 Å². The molecule has 0 spiro atoms. The summed E-state index contributed by atoms with van der Waals surface area (Å²) in [6.45, 7) is 1.02. The SMILES string of the molecule is CS(=O)(=O)N1C[C@@H](C(=O)N2CCc3ccccc3C2)Oc2ccc(Cl)cc21. The number of hydrogen-bond donors (Lipinski definition) is 0. The highest BCUT2D eigenvalue weighted by Gasteiger charge is 2.37. The van der Waals surface area contributed by atoms with Gasteiger partial charge in [0.05, 0.1) is 18.5 Å². The van der Waals surface area contributed by atoms with Gasteiger partial charge in [0.2, 0.25) is 10.0 Å². The number of benzene rings is 2. The van der Waals surface area contributed by atoms with Crippen molar-refractivity contribution >= 4 is 33.2 Å². The molecule has 0 N–H and O–H groups in total. The van der Waals surface area contributed by atoms with Crippen molar-refractivity contribution in [1.29, 1.82) is 0 Å². The van der Waals surface area contributed by atoms with Crippen LogP contribution < -0.4 is 9.04 Å². The molecule has 27 heavy (non-hydrogen) atoms. The molecule has 0 saturated carbocycles. The molecule has 1 atom stereocenters. The topological polar surface area (TPSA) is 66.9 Å². The number of nitrogens with zero attached hydrogens (tertiary/aromatic N) is 2. The monoisotopic (exact) mass is 406 g/mol. The first-order chi connectivity index (χ1) is 12.8.